The number of hydrogen-bond donors (Lipinski definition) is 1. The zero-order valence-electron chi connectivity index (χ0n) is 10.3. The van der Waals surface area contributed by atoms with Gasteiger partial charge in [-0.1, -0.05) is 18.5 Å². The van der Waals surface area contributed by atoms with Crippen molar-refractivity contribution in [1.82, 2.24) is 0 Å². The number of halogens is 1. The Morgan fingerprint density at radius 1 is 1.35 bits per heavy atom. The van der Waals surface area contributed by atoms with Crippen LogP contribution in [0.2, 0.25) is 5.02 Å². The van der Waals surface area contributed by atoms with E-state index >= 15 is 0 Å². The summed E-state index contributed by atoms with van der Waals surface area (Å²) in [5.74, 6) is 1.22. The van der Waals surface area contributed by atoms with Crippen LogP contribution in [0.5, 0.6) is 11.5 Å². The van der Waals surface area contributed by atoms with Crippen molar-refractivity contribution in [3.05, 3.63) is 22.2 Å². The van der Waals surface area contributed by atoms with E-state index in [9.17, 15) is 5.11 Å². The lowest BCUT2D eigenvalue weighted by Crippen LogP contribution is -2.21. The quantitative estimate of drug-likeness (QED) is 0.884. The van der Waals surface area contributed by atoms with Gasteiger partial charge in [0.05, 0.1) is 10.6 Å². The van der Waals surface area contributed by atoms with Crippen LogP contribution in [0.25, 0.3) is 0 Å². The van der Waals surface area contributed by atoms with Crippen LogP contribution in [0.3, 0.4) is 0 Å². The molecule has 0 radical (unpaired) electrons. The van der Waals surface area contributed by atoms with Crippen molar-refractivity contribution in [2.24, 2.45) is 0 Å². The molecular formula is C13H17ClO3. The maximum absolute atomic E-state index is 10.2. The van der Waals surface area contributed by atoms with Crippen molar-refractivity contribution in [1.29, 1.82) is 0 Å². The Balaban J connectivity index is 2.64. The molecule has 17 heavy (non-hydrogen) atoms. The van der Waals surface area contributed by atoms with Crippen LogP contribution in [-0.4, -0.2) is 18.3 Å². The number of fused-ring (bicyclic) bond motifs is 1. The predicted molar refractivity (Wildman–Crippen MR) is 67.1 cm³/mol. The summed E-state index contributed by atoms with van der Waals surface area (Å²) in [6, 6.07) is 1.83. The Hall–Kier alpha value is -0.930. The van der Waals surface area contributed by atoms with E-state index in [0.717, 1.165) is 17.5 Å². The van der Waals surface area contributed by atoms with Crippen molar-refractivity contribution in [2.45, 2.75) is 32.8 Å². The van der Waals surface area contributed by atoms with E-state index < -0.39 is 5.60 Å². The SMILES string of the molecule is CCc1c(C(C)(C)O)cc2c(c1Cl)OCCO2. The van der Waals surface area contributed by atoms with Gasteiger partial charge in [-0.05, 0) is 37.5 Å². The lowest BCUT2D eigenvalue weighted by atomic mass is 9.91. The Labute approximate surface area is 106 Å². The third kappa shape index (κ3) is 2.22. The number of hydrogen-bond acceptors (Lipinski definition) is 3. The Bertz CT molecular complexity index is 435. The van der Waals surface area contributed by atoms with Crippen LogP contribution < -0.4 is 9.47 Å². The molecule has 0 saturated heterocycles. The maximum atomic E-state index is 10.2. The molecule has 0 saturated carbocycles. The van der Waals surface area contributed by atoms with Crippen LogP contribution >= 0.6 is 11.6 Å². The van der Waals surface area contributed by atoms with Gasteiger partial charge in [-0.15, -0.1) is 0 Å². The van der Waals surface area contributed by atoms with Gasteiger partial charge in [0.1, 0.15) is 13.2 Å². The molecule has 1 aromatic rings. The molecule has 94 valence electrons. The van der Waals surface area contributed by atoms with E-state index in [4.69, 9.17) is 21.1 Å². The van der Waals surface area contributed by atoms with E-state index in [1.165, 1.54) is 0 Å². The van der Waals surface area contributed by atoms with Gasteiger partial charge in [0.2, 0.25) is 0 Å². The molecule has 0 bridgehead atoms. The second-order valence-corrected chi connectivity index (χ2v) is 5.03. The molecular weight excluding hydrogens is 240 g/mol. The fraction of sp³-hybridized carbons (Fsp3) is 0.538. The van der Waals surface area contributed by atoms with Gasteiger partial charge in [-0.3, -0.25) is 0 Å². The first-order chi connectivity index (χ1) is 7.95. The van der Waals surface area contributed by atoms with Crippen LogP contribution in [0, 0.1) is 0 Å². The molecule has 0 atom stereocenters. The van der Waals surface area contributed by atoms with Gasteiger partial charge in [-0.25, -0.2) is 0 Å². The monoisotopic (exact) mass is 256 g/mol. The smallest absolute Gasteiger partial charge is 0.180 e. The molecule has 2 rings (SSSR count). The van der Waals surface area contributed by atoms with E-state index in [0.29, 0.717) is 29.7 Å². The Kier molecular flexibility index (Phi) is 3.23. The minimum absolute atomic E-state index is 0.512. The van der Waals surface area contributed by atoms with E-state index in [1.54, 1.807) is 13.8 Å². The summed E-state index contributed by atoms with van der Waals surface area (Å²) in [6.45, 7) is 6.52. The number of ether oxygens (including phenoxy) is 2. The molecule has 1 aliphatic heterocycles. The molecule has 0 unspecified atom stereocenters. The molecule has 4 heteroatoms. The molecule has 0 amide bonds. The van der Waals surface area contributed by atoms with Crippen LogP contribution in [-0.2, 0) is 12.0 Å². The second-order valence-electron chi connectivity index (χ2n) is 4.65. The van der Waals surface area contributed by atoms with Gasteiger partial charge in [-0.2, -0.15) is 0 Å². The number of rotatable bonds is 2. The molecule has 0 aliphatic carbocycles. The highest BCUT2D eigenvalue weighted by Gasteiger charge is 2.27. The molecule has 0 fully saturated rings. The third-order valence-electron chi connectivity index (χ3n) is 2.89. The first-order valence-corrected chi connectivity index (χ1v) is 6.16. The van der Waals surface area contributed by atoms with Crippen molar-refractivity contribution in [3.63, 3.8) is 0 Å². The van der Waals surface area contributed by atoms with Crippen LogP contribution in [0.4, 0.5) is 0 Å². The summed E-state index contributed by atoms with van der Waals surface area (Å²) in [4.78, 5) is 0. The Morgan fingerprint density at radius 2 is 2.00 bits per heavy atom. The normalized spacial score (nSPS) is 14.9. The predicted octanol–water partition coefficient (Wildman–Crippen LogP) is 2.90. The zero-order chi connectivity index (χ0) is 12.6. The Morgan fingerprint density at radius 3 is 2.59 bits per heavy atom. The molecule has 1 aromatic carbocycles. The van der Waals surface area contributed by atoms with Gasteiger partial charge in [0, 0.05) is 0 Å². The first-order valence-electron chi connectivity index (χ1n) is 5.79. The summed E-state index contributed by atoms with van der Waals surface area (Å²) in [5, 5.41) is 10.7. The lowest BCUT2D eigenvalue weighted by Gasteiger charge is -2.27. The second kappa shape index (κ2) is 4.39. The van der Waals surface area contributed by atoms with Gasteiger partial charge in [0.25, 0.3) is 0 Å². The van der Waals surface area contributed by atoms with Crippen molar-refractivity contribution >= 4 is 11.6 Å². The van der Waals surface area contributed by atoms with Crippen molar-refractivity contribution in [2.75, 3.05) is 13.2 Å². The largest absolute Gasteiger partial charge is 0.486 e. The van der Waals surface area contributed by atoms with Gasteiger partial charge < -0.3 is 14.6 Å². The summed E-state index contributed by atoms with van der Waals surface area (Å²) < 4.78 is 11.0. The summed E-state index contributed by atoms with van der Waals surface area (Å²) in [5.41, 5.74) is 0.780. The number of benzene rings is 1. The highest BCUT2D eigenvalue weighted by Crippen LogP contribution is 2.44. The molecule has 0 spiro atoms. The average Bonchev–Trinajstić information content (AvgIpc) is 2.28. The number of aliphatic hydroxyl groups is 1. The highest BCUT2D eigenvalue weighted by molar-refractivity contribution is 6.33. The lowest BCUT2D eigenvalue weighted by molar-refractivity contribution is 0.0766. The molecule has 1 heterocycles. The standard InChI is InChI=1S/C13H17ClO3/c1-4-8-9(13(2,3)15)7-10-12(11(8)14)17-6-5-16-10/h7,15H,4-6H2,1-3H3. The third-order valence-corrected chi connectivity index (χ3v) is 3.29. The minimum atomic E-state index is -0.940. The molecule has 1 aliphatic rings. The first kappa shape index (κ1) is 12.5. The fourth-order valence-electron chi connectivity index (χ4n) is 2.08. The maximum Gasteiger partial charge on any atom is 0.180 e. The minimum Gasteiger partial charge on any atom is -0.486 e. The molecule has 3 nitrogen and oxygen atoms in total. The zero-order valence-corrected chi connectivity index (χ0v) is 11.1. The average molecular weight is 257 g/mol. The fourth-order valence-corrected chi connectivity index (χ4v) is 2.46. The van der Waals surface area contributed by atoms with Gasteiger partial charge in [0.15, 0.2) is 11.5 Å². The van der Waals surface area contributed by atoms with Crippen molar-refractivity contribution < 1.29 is 14.6 Å². The summed E-state index contributed by atoms with van der Waals surface area (Å²) in [6.07, 6.45) is 0.745. The van der Waals surface area contributed by atoms with Gasteiger partial charge >= 0.3 is 0 Å². The van der Waals surface area contributed by atoms with E-state index in [2.05, 4.69) is 0 Å². The van der Waals surface area contributed by atoms with E-state index in [1.807, 2.05) is 13.0 Å². The summed E-state index contributed by atoms with van der Waals surface area (Å²) >= 11 is 6.32. The molecule has 1 N–H and O–H groups in total. The van der Waals surface area contributed by atoms with Crippen LogP contribution in [0.15, 0.2) is 6.07 Å². The highest BCUT2D eigenvalue weighted by atomic mass is 35.5. The topological polar surface area (TPSA) is 38.7 Å². The molecule has 0 aromatic heterocycles. The summed E-state index contributed by atoms with van der Waals surface area (Å²) in [7, 11) is 0. The van der Waals surface area contributed by atoms with Crippen molar-refractivity contribution in [3.8, 4) is 11.5 Å². The van der Waals surface area contributed by atoms with E-state index in [-0.39, 0.29) is 0 Å². The van der Waals surface area contributed by atoms with Crippen LogP contribution in [0.1, 0.15) is 31.9 Å².